The maximum absolute atomic E-state index is 11.5. The quantitative estimate of drug-likeness (QED) is 0.212. The van der Waals surface area contributed by atoms with Crippen LogP contribution in [0.1, 0.15) is 24.0 Å². The van der Waals surface area contributed by atoms with Crippen LogP contribution in [0.3, 0.4) is 0 Å². The molecular weight excluding hydrogens is 599 g/mol. The van der Waals surface area contributed by atoms with Gasteiger partial charge >= 0.3 is 0 Å². The van der Waals surface area contributed by atoms with E-state index in [2.05, 4.69) is 25.9 Å². The Labute approximate surface area is 266 Å². The van der Waals surface area contributed by atoms with E-state index in [0.29, 0.717) is 52.6 Å². The molecule has 1 atom stereocenters. The monoisotopic (exact) mass is 630 g/mol. The predicted molar refractivity (Wildman–Crippen MR) is 174 cm³/mol. The van der Waals surface area contributed by atoms with Crippen molar-refractivity contribution in [1.82, 2.24) is 25.9 Å². The highest BCUT2D eigenvalue weighted by molar-refractivity contribution is 6.39. The lowest BCUT2D eigenvalue weighted by Gasteiger charge is -2.16. The number of pyridine rings is 2. The summed E-state index contributed by atoms with van der Waals surface area (Å²) in [7, 11) is 3.24. The Balaban J connectivity index is 1.27. The van der Waals surface area contributed by atoms with Crippen LogP contribution in [0.4, 0.5) is 0 Å². The van der Waals surface area contributed by atoms with Gasteiger partial charge < -0.3 is 25.4 Å². The summed E-state index contributed by atoms with van der Waals surface area (Å²) in [5.74, 6) is 2.11. The van der Waals surface area contributed by atoms with Gasteiger partial charge in [-0.1, -0.05) is 53.5 Å². The number of carbonyl (C=O) groups excluding carboxylic acids is 1. The van der Waals surface area contributed by atoms with Crippen LogP contribution in [0.15, 0.2) is 65.8 Å². The Bertz CT molecular complexity index is 1750. The Morgan fingerprint density at radius 1 is 0.977 bits per heavy atom. The van der Waals surface area contributed by atoms with E-state index in [1.807, 2.05) is 54.6 Å². The van der Waals surface area contributed by atoms with Crippen LogP contribution in [-0.4, -0.2) is 61.6 Å². The zero-order valence-corrected chi connectivity index (χ0v) is 25.9. The van der Waals surface area contributed by atoms with E-state index in [1.165, 1.54) is 0 Å². The summed E-state index contributed by atoms with van der Waals surface area (Å²) in [6, 6.07) is 17.5. The molecule has 1 fully saturated rings. The van der Waals surface area contributed by atoms with Crippen molar-refractivity contribution in [3.63, 3.8) is 0 Å². The normalized spacial score (nSPS) is 16.0. The van der Waals surface area contributed by atoms with Crippen molar-refractivity contribution in [2.75, 3.05) is 33.9 Å². The highest BCUT2D eigenvalue weighted by Crippen LogP contribution is 2.42. The molecule has 2 aromatic carbocycles. The van der Waals surface area contributed by atoms with Gasteiger partial charge in [0, 0.05) is 66.1 Å². The van der Waals surface area contributed by atoms with Crippen LogP contribution >= 0.6 is 23.2 Å². The topological polar surface area (TPSA) is 110 Å². The minimum atomic E-state index is 0.103. The smallest absolute Gasteiger partial charge is 0.220 e. The number of rotatable bonds is 10. The highest BCUT2D eigenvalue weighted by atomic mass is 35.5. The molecule has 0 saturated carbocycles. The average molecular weight is 632 g/mol. The lowest BCUT2D eigenvalue weighted by Crippen LogP contribution is -2.35. The van der Waals surface area contributed by atoms with Gasteiger partial charge in [0.25, 0.3) is 0 Å². The molecule has 1 amide bonds. The zero-order chi connectivity index (χ0) is 30.6. The second-order valence-electron chi connectivity index (χ2n) is 10.6. The van der Waals surface area contributed by atoms with Gasteiger partial charge in [-0.05, 0) is 30.7 Å². The minimum absolute atomic E-state index is 0.103. The predicted octanol–water partition coefficient (Wildman–Crippen LogP) is 5.52. The number of aliphatic imine (C=N–C) groups is 1. The van der Waals surface area contributed by atoms with Crippen LogP contribution in [0, 0.1) is 0 Å². The molecule has 0 aliphatic carbocycles. The Morgan fingerprint density at radius 3 is 2.57 bits per heavy atom. The molecule has 4 heterocycles. The number of nitrogens with one attached hydrogen (secondary N) is 3. The number of hydrogen-bond acceptors (Lipinski definition) is 8. The first-order valence-electron chi connectivity index (χ1n) is 14.4. The molecule has 6 rings (SSSR count). The third kappa shape index (κ3) is 6.08. The molecule has 0 spiro atoms. The number of hydrogen-bond donors (Lipinski definition) is 3. The van der Waals surface area contributed by atoms with Gasteiger partial charge in [0.15, 0.2) is 0 Å². The second kappa shape index (κ2) is 13.2. The van der Waals surface area contributed by atoms with Crippen LogP contribution in [-0.2, 0) is 11.3 Å². The SMILES string of the molecule is COc1cc(-c2nccc(-c3cccc(-c4ccc(CNC[C@@H]5CCC(=O)N5)c(OC)n4)c3Cl)c2Cl)ccc1C1=NCCN1. The summed E-state index contributed by atoms with van der Waals surface area (Å²) in [5, 5.41) is 10.6. The van der Waals surface area contributed by atoms with Gasteiger partial charge in [0.2, 0.25) is 11.8 Å². The molecule has 9 nitrogen and oxygen atoms in total. The van der Waals surface area contributed by atoms with E-state index in [0.717, 1.165) is 58.7 Å². The van der Waals surface area contributed by atoms with Crippen molar-refractivity contribution in [3.05, 3.63) is 82.0 Å². The average Bonchev–Trinajstić information content (AvgIpc) is 3.73. The van der Waals surface area contributed by atoms with Gasteiger partial charge in [-0.15, -0.1) is 0 Å². The molecule has 11 heteroatoms. The number of amides is 1. The Hall–Kier alpha value is -4.18. The summed E-state index contributed by atoms with van der Waals surface area (Å²) >= 11 is 14.1. The van der Waals surface area contributed by atoms with Gasteiger partial charge in [-0.25, -0.2) is 4.98 Å². The largest absolute Gasteiger partial charge is 0.496 e. The summed E-state index contributed by atoms with van der Waals surface area (Å²) in [5.41, 5.74) is 6.17. The van der Waals surface area contributed by atoms with Gasteiger partial charge in [-0.2, -0.15) is 0 Å². The summed E-state index contributed by atoms with van der Waals surface area (Å²) in [6.07, 6.45) is 3.14. The first kappa shape index (κ1) is 29.9. The van der Waals surface area contributed by atoms with E-state index >= 15 is 0 Å². The number of carbonyl (C=O) groups is 1. The molecule has 0 unspecified atom stereocenters. The van der Waals surface area contributed by atoms with E-state index in [1.54, 1.807) is 20.4 Å². The number of nitrogens with zero attached hydrogens (tertiary/aromatic N) is 3. The lowest BCUT2D eigenvalue weighted by atomic mass is 9.99. The van der Waals surface area contributed by atoms with Crippen LogP contribution in [0.5, 0.6) is 11.6 Å². The summed E-state index contributed by atoms with van der Waals surface area (Å²) < 4.78 is 11.3. The molecular formula is C33H32Cl2N6O3. The van der Waals surface area contributed by atoms with E-state index in [9.17, 15) is 4.79 Å². The maximum atomic E-state index is 11.5. The fraction of sp³-hybridized carbons (Fsp3) is 0.273. The third-order valence-corrected chi connectivity index (χ3v) is 8.57. The highest BCUT2D eigenvalue weighted by Gasteiger charge is 2.22. The molecule has 44 heavy (non-hydrogen) atoms. The van der Waals surface area contributed by atoms with Crippen molar-refractivity contribution in [2.45, 2.75) is 25.4 Å². The molecule has 2 aliphatic heterocycles. The number of amidine groups is 1. The minimum Gasteiger partial charge on any atom is -0.496 e. The van der Waals surface area contributed by atoms with Crippen LogP contribution in [0.25, 0.3) is 33.6 Å². The lowest BCUT2D eigenvalue weighted by molar-refractivity contribution is -0.119. The number of methoxy groups -OCH3 is 2. The molecule has 1 saturated heterocycles. The first-order chi connectivity index (χ1) is 21.5. The maximum Gasteiger partial charge on any atom is 0.220 e. The number of halogens is 2. The van der Waals surface area contributed by atoms with E-state index in [4.69, 9.17) is 37.7 Å². The fourth-order valence-electron chi connectivity index (χ4n) is 5.55. The molecule has 0 bridgehead atoms. The fourth-order valence-corrected chi connectivity index (χ4v) is 6.19. The molecule has 4 aromatic rings. The second-order valence-corrected chi connectivity index (χ2v) is 11.3. The van der Waals surface area contributed by atoms with E-state index in [-0.39, 0.29) is 11.9 Å². The van der Waals surface area contributed by atoms with Crippen molar-refractivity contribution < 1.29 is 14.3 Å². The Kier molecular flexibility index (Phi) is 8.97. The zero-order valence-electron chi connectivity index (χ0n) is 24.4. The third-order valence-electron chi connectivity index (χ3n) is 7.78. The molecule has 2 aromatic heterocycles. The summed E-state index contributed by atoms with van der Waals surface area (Å²) in [4.78, 5) is 25.4. The van der Waals surface area contributed by atoms with Crippen LogP contribution < -0.4 is 25.4 Å². The van der Waals surface area contributed by atoms with Crippen molar-refractivity contribution in [3.8, 4) is 45.3 Å². The molecule has 226 valence electrons. The van der Waals surface area contributed by atoms with Crippen molar-refractivity contribution in [2.24, 2.45) is 4.99 Å². The van der Waals surface area contributed by atoms with Gasteiger partial charge in [-0.3, -0.25) is 14.8 Å². The standard InChI is InChI=1S/C33H32Cl2N6O3/c1-43-27-16-19(6-9-25(27)32-38-14-15-39-32)31-30(35)23(12-13-37-31)22-4-3-5-24(29(22)34)26-10-7-20(33(41-26)44-2)17-36-18-21-8-11-28(42)40-21/h3-7,9-10,12-13,16,21,36H,8,11,14-15,17-18H2,1-2H3,(H,38,39)(H,40,42)/t21-/m0/s1. The van der Waals surface area contributed by atoms with Gasteiger partial charge in [0.05, 0.1) is 47.8 Å². The number of aromatic nitrogens is 2. The molecule has 3 N–H and O–H groups in total. The number of ether oxygens (including phenoxy) is 2. The summed E-state index contributed by atoms with van der Waals surface area (Å²) in [6.45, 7) is 2.79. The first-order valence-corrected chi connectivity index (χ1v) is 15.2. The molecule has 2 aliphatic rings. The number of benzene rings is 2. The Morgan fingerprint density at radius 2 is 1.82 bits per heavy atom. The van der Waals surface area contributed by atoms with Crippen molar-refractivity contribution >= 4 is 34.9 Å². The van der Waals surface area contributed by atoms with Crippen LogP contribution in [0.2, 0.25) is 10.0 Å². The van der Waals surface area contributed by atoms with Gasteiger partial charge in [0.1, 0.15) is 11.6 Å². The van der Waals surface area contributed by atoms with Crippen molar-refractivity contribution in [1.29, 1.82) is 0 Å². The van der Waals surface area contributed by atoms with E-state index < -0.39 is 0 Å². The molecule has 0 radical (unpaired) electrons.